The van der Waals surface area contributed by atoms with Crippen molar-refractivity contribution in [3.05, 3.63) is 60.3 Å². The van der Waals surface area contributed by atoms with Gasteiger partial charge in [-0.1, -0.05) is 12.1 Å². The van der Waals surface area contributed by atoms with Crippen LogP contribution < -0.4 is 9.47 Å². The van der Waals surface area contributed by atoms with Crippen molar-refractivity contribution in [1.82, 2.24) is 19.7 Å². The lowest BCUT2D eigenvalue weighted by Gasteiger charge is -2.32. The Morgan fingerprint density at radius 2 is 1.75 bits per heavy atom. The number of urea groups is 1. The van der Waals surface area contributed by atoms with Crippen molar-refractivity contribution in [2.24, 2.45) is 0 Å². The second-order valence-electron chi connectivity index (χ2n) is 7.83. The van der Waals surface area contributed by atoms with E-state index in [9.17, 15) is 10.0 Å². The molecule has 1 aliphatic heterocycles. The molecular weight excluding hydrogens is 408 g/mol. The lowest BCUT2D eigenvalue weighted by molar-refractivity contribution is -0.0356. The minimum absolute atomic E-state index is 0.219. The first-order valence-electron chi connectivity index (χ1n) is 10.6. The number of aromatic nitrogens is 2. The third-order valence-electron chi connectivity index (χ3n) is 5.89. The van der Waals surface area contributed by atoms with Crippen molar-refractivity contribution in [3.63, 3.8) is 0 Å². The lowest BCUT2D eigenvalue weighted by Crippen LogP contribution is -2.43. The summed E-state index contributed by atoms with van der Waals surface area (Å²) in [7, 11) is 4.66. The first-order chi connectivity index (χ1) is 15.5. The molecule has 3 aromatic rings. The van der Waals surface area contributed by atoms with Crippen LogP contribution in [0.25, 0.3) is 16.9 Å². The van der Waals surface area contributed by atoms with Crippen molar-refractivity contribution in [2.75, 3.05) is 34.4 Å². The SMILES string of the molecule is COc1ccc(-n2nc(C3CCN(C(=O)N(C)O)CC3)cc2-c2ccccc2OC)cc1. The maximum Gasteiger partial charge on any atom is 0.343 e. The van der Waals surface area contributed by atoms with Gasteiger partial charge >= 0.3 is 6.03 Å². The van der Waals surface area contributed by atoms with Crippen LogP contribution in [-0.4, -0.2) is 65.3 Å². The molecule has 0 unspecified atom stereocenters. The predicted octanol–water partition coefficient (Wildman–Crippen LogP) is 4.18. The molecule has 2 amide bonds. The molecule has 4 rings (SSSR count). The molecule has 8 nitrogen and oxygen atoms in total. The van der Waals surface area contributed by atoms with Crippen LogP contribution >= 0.6 is 0 Å². The number of rotatable bonds is 5. The minimum atomic E-state index is -0.373. The highest BCUT2D eigenvalue weighted by atomic mass is 16.5. The zero-order valence-electron chi connectivity index (χ0n) is 18.6. The van der Waals surface area contributed by atoms with E-state index in [1.807, 2.05) is 53.2 Å². The molecule has 0 saturated carbocycles. The van der Waals surface area contributed by atoms with Gasteiger partial charge < -0.3 is 14.4 Å². The molecule has 32 heavy (non-hydrogen) atoms. The molecule has 1 N–H and O–H groups in total. The molecule has 2 aromatic carbocycles. The van der Waals surface area contributed by atoms with Gasteiger partial charge in [0.05, 0.1) is 31.3 Å². The van der Waals surface area contributed by atoms with Crippen LogP contribution in [0.1, 0.15) is 24.5 Å². The zero-order chi connectivity index (χ0) is 22.7. The number of ether oxygens (including phenoxy) is 2. The van der Waals surface area contributed by atoms with E-state index in [0.29, 0.717) is 18.2 Å². The second kappa shape index (κ2) is 9.32. The van der Waals surface area contributed by atoms with Crippen LogP contribution in [0.15, 0.2) is 54.6 Å². The topological polar surface area (TPSA) is 80.1 Å². The molecule has 0 spiro atoms. The highest BCUT2D eigenvalue weighted by molar-refractivity contribution is 5.73. The van der Waals surface area contributed by atoms with Crippen molar-refractivity contribution in [2.45, 2.75) is 18.8 Å². The summed E-state index contributed by atoms with van der Waals surface area (Å²) in [5, 5.41) is 15.1. The van der Waals surface area contributed by atoms with E-state index in [4.69, 9.17) is 14.6 Å². The normalized spacial score (nSPS) is 14.3. The Balaban J connectivity index is 1.69. The van der Waals surface area contributed by atoms with E-state index >= 15 is 0 Å². The van der Waals surface area contributed by atoms with Crippen molar-refractivity contribution in [3.8, 4) is 28.4 Å². The van der Waals surface area contributed by atoms with Crippen molar-refractivity contribution < 1.29 is 19.5 Å². The zero-order valence-corrected chi connectivity index (χ0v) is 18.6. The smallest absolute Gasteiger partial charge is 0.343 e. The molecular formula is C24H28N4O4. The molecule has 1 aliphatic rings. The summed E-state index contributed by atoms with van der Waals surface area (Å²) in [4.78, 5) is 13.7. The molecule has 1 saturated heterocycles. The highest BCUT2D eigenvalue weighted by Gasteiger charge is 2.28. The summed E-state index contributed by atoms with van der Waals surface area (Å²) >= 11 is 0. The number of benzene rings is 2. The Morgan fingerprint density at radius 1 is 1.06 bits per heavy atom. The standard InChI is InChI=1S/C24H28N4O4/c1-26(30)24(29)27-14-12-17(13-15-27)21-16-22(20-6-4-5-7-23(20)32-3)28(25-21)18-8-10-19(31-2)11-9-18/h4-11,16-17,30H,12-15H2,1-3H3. The minimum Gasteiger partial charge on any atom is -0.497 e. The summed E-state index contributed by atoms with van der Waals surface area (Å²) in [6, 6.07) is 17.4. The Labute approximate surface area is 187 Å². The number of carbonyl (C=O) groups excluding carboxylic acids is 1. The Bertz CT molecular complexity index is 1070. The number of amides is 2. The van der Waals surface area contributed by atoms with Gasteiger partial charge in [-0.2, -0.15) is 5.10 Å². The maximum absolute atomic E-state index is 12.1. The van der Waals surface area contributed by atoms with Gasteiger partial charge in [-0.3, -0.25) is 5.21 Å². The van der Waals surface area contributed by atoms with Crippen LogP contribution in [0.2, 0.25) is 0 Å². The van der Waals surface area contributed by atoms with Gasteiger partial charge in [-0.25, -0.2) is 14.5 Å². The number of methoxy groups -OCH3 is 2. The highest BCUT2D eigenvalue weighted by Crippen LogP contribution is 2.36. The van der Waals surface area contributed by atoms with Gasteiger partial charge in [0.2, 0.25) is 0 Å². The molecule has 1 aromatic heterocycles. The number of carbonyl (C=O) groups is 1. The van der Waals surface area contributed by atoms with Crippen LogP contribution in [0.5, 0.6) is 11.5 Å². The van der Waals surface area contributed by atoms with E-state index in [2.05, 4.69) is 6.07 Å². The summed E-state index contributed by atoms with van der Waals surface area (Å²) in [5.41, 5.74) is 3.80. The average molecular weight is 437 g/mol. The number of hydrogen-bond donors (Lipinski definition) is 1. The van der Waals surface area contributed by atoms with Crippen LogP contribution in [0.4, 0.5) is 4.79 Å². The lowest BCUT2D eigenvalue weighted by atomic mass is 9.93. The number of likely N-dealkylation sites (tertiary alicyclic amines) is 1. The molecule has 0 radical (unpaired) electrons. The molecule has 0 atom stereocenters. The fourth-order valence-corrected chi connectivity index (χ4v) is 4.14. The van der Waals surface area contributed by atoms with Crippen LogP contribution in [-0.2, 0) is 0 Å². The third-order valence-corrected chi connectivity index (χ3v) is 5.89. The molecule has 1 fully saturated rings. The van der Waals surface area contributed by atoms with Gasteiger partial charge in [0.1, 0.15) is 11.5 Å². The summed E-state index contributed by atoms with van der Waals surface area (Å²) in [5.74, 6) is 1.78. The number of hydrogen-bond acceptors (Lipinski definition) is 5. The number of piperidine rings is 1. The summed E-state index contributed by atoms with van der Waals surface area (Å²) < 4.78 is 12.8. The van der Waals surface area contributed by atoms with Gasteiger partial charge in [0.15, 0.2) is 0 Å². The van der Waals surface area contributed by atoms with E-state index < -0.39 is 0 Å². The fourth-order valence-electron chi connectivity index (χ4n) is 4.14. The Kier molecular flexibility index (Phi) is 6.32. The average Bonchev–Trinajstić information content (AvgIpc) is 3.29. The van der Waals surface area contributed by atoms with Gasteiger partial charge in [-0.15, -0.1) is 0 Å². The van der Waals surface area contributed by atoms with E-state index in [1.165, 1.54) is 7.05 Å². The number of para-hydroxylation sites is 1. The first-order valence-corrected chi connectivity index (χ1v) is 10.6. The molecule has 0 aliphatic carbocycles. The van der Waals surface area contributed by atoms with Crippen LogP contribution in [0.3, 0.4) is 0 Å². The van der Waals surface area contributed by atoms with Gasteiger partial charge in [0, 0.05) is 31.6 Å². The first kappa shape index (κ1) is 21.7. The molecule has 2 heterocycles. The maximum atomic E-state index is 12.1. The predicted molar refractivity (Wildman–Crippen MR) is 121 cm³/mol. The quantitative estimate of drug-likeness (QED) is 0.480. The summed E-state index contributed by atoms with van der Waals surface area (Å²) in [6.07, 6.45) is 1.56. The number of hydroxylamine groups is 2. The van der Waals surface area contributed by atoms with Crippen LogP contribution in [0, 0.1) is 0 Å². The second-order valence-corrected chi connectivity index (χ2v) is 7.83. The van der Waals surface area contributed by atoms with Crippen molar-refractivity contribution in [1.29, 1.82) is 0 Å². The largest absolute Gasteiger partial charge is 0.497 e. The molecule has 8 heteroatoms. The summed E-state index contributed by atoms with van der Waals surface area (Å²) in [6.45, 7) is 1.15. The molecule has 168 valence electrons. The van der Waals surface area contributed by atoms with Gasteiger partial charge in [-0.05, 0) is 55.3 Å². The number of nitrogens with zero attached hydrogens (tertiary/aromatic N) is 4. The Hall–Kier alpha value is -3.52. The van der Waals surface area contributed by atoms with E-state index in [1.54, 1.807) is 19.1 Å². The van der Waals surface area contributed by atoms with E-state index in [0.717, 1.165) is 47.0 Å². The van der Waals surface area contributed by atoms with Crippen molar-refractivity contribution >= 4 is 6.03 Å². The molecule has 0 bridgehead atoms. The third kappa shape index (κ3) is 4.27. The monoisotopic (exact) mass is 436 g/mol. The fraction of sp³-hybridized carbons (Fsp3) is 0.333. The van der Waals surface area contributed by atoms with Gasteiger partial charge in [0.25, 0.3) is 0 Å². The Morgan fingerprint density at radius 3 is 2.38 bits per heavy atom. The van der Waals surface area contributed by atoms with E-state index in [-0.39, 0.29) is 11.9 Å².